The van der Waals surface area contributed by atoms with Crippen molar-refractivity contribution in [3.05, 3.63) is 39.9 Å². The van der Waals surface area contributed by atoms with Crippen LogP contribution in [0.25, 0.3) is 0 Å². The number of hydrogen-bond acceptors (Lipinski definition) is 5. The second-order valence-corrected chi connectivity index (χ2v) is 6.97. The molecule has 0 aromatic heterocycles. The van der Waals surface area contributed by atoms with Gasteiger partial charge in [0.1, 0.15) is 0 Å². The van der Waals surface area contributed by atoms with Gasteiger partial charge in [0.2, 0.25) is 0 Å². The Bertz CT molecular complexity index is 546. The summed E-state index contributed by atoms with van der Waals surface area (Å²) < 4.78 is 23.8. The lowest BCUT2D eigenvalue weighted by Crippen LogP contribution is -2.40. The first-order valence-corrected chi connectivity index (χ1v) is 7.14. The summed E-state index contributed by atoms with van der Waals surface area (Å²) in [5, 5.41) is 10.8. The van der Waals surface area contributed by atoms with E-state index >= 15 is 0 Å². The third-order valence-corrected chi connectivity index (χ3v) is 4.09. The highest BCUT2D eigenvalue weighted by atomic mass is 32.2. The molecular formula is C11H16N2O4S. The number of para-hydroxylation sites is 1. The van der Waals surface area contributed by atoms with Crippen molar-refractivity contribution in [3.8, 4) is 0 Å². The Morgan fingerprint density at radius 1 is 1.33 bits per heavy atom. The number of benzene rings is 1. The minimum Gasteiger partial charge on any atom is -0.325 e. The van der Waals surface area contributed by atoms with Gasteiger partial charge < -0.3 is 5.73 Å². The molecule has 0 bridgehead atoms. The summed E-state index contributed by atoms with van der Waals surface area (Å²) in [7, 11) is -3.48. The predicted octanol–water partition coefficient (Wildman–Crippen LogP) is 1.25. The SMILES string of the molecule is CC(C)(N)CS(=O)(=O)Cc1ccccc1[N+](=O)[O-]. The maximum absolute atomic E-state index is 11.9. The van der Waals surface area contributed by atoms with Gasteiger partial charge in [-0.05, 0) is 13.8 Å². The van der Waals surface area contributed by atoms with E-state index < -0.39 is 20.3 Å². The van der Waals surface area contributed by atoms with Crippen LogP contribution in [0.2, 0.25) is 0 Å². The second kappa shape index (κ2) is 5.03. The van der Waals surface area contributed by atoms with E-state index in [1.807, 2.05) is 0 Å². The van der Waals surface area contributed by atoms with E-state index in [9.17, 15) is 18.5 Å². The summed E-state index contributed by atoms with van der Waals surface area (Å²) in [6.07, 6.45) is 0. The predicted molar refractivity (Wildman–Crippen MR) is 68.9 cm³/mol. The Labute approximate surface area is 106 Å². The lowest BCUT2D eigenvalue weighted by atomic mass is 10.1. The number of sulfone groups is 1. The molecule has 1 aromatic rings. The molecule has 0 saturated heterocycles. The Hall–Kier alpha value is -1.47. The highest BCUT2D eigenvalue weighted by Gasteiger charge is 2.25. The molecular weight excluding hydrogens is 256 g/mol. The minimum absolute atomic E-state index is 0.184. The van der Waals surface area contributed by atoms with Crippen LogP contribution in [-0.4, -0.2) is 24.6 Å². The van der Waals surface area contributed by atoms with Gasteiger partial charge in [0.25, 0.3) is 5.69 Å². The third kappa shape index (κ3) is 4.42. The van der Waals surface area contributed by atoms with Gasteiger partial charge in [0.15, 0.2) is 9.84 Å². The molecule has 7 heteroatoms. The first-order chi connectivity index (χ1) is 8.11. The van der Waals surface area contributed by atoms with Gasteiger partial charge in [-0.25, -0.2) is 8.42 Å². The van der Waals surface area contributed by atoms with Crippen LogP contribution in [0, 0.1) is 10.1 Å². The summed E-state index contributed by atoms with van der Waals surface area (Å²) in [6, 6.07) is 5.81. The van der Waals surface area contributed by atoms with Crippen molar-refractivity contribution >= 4 is 15.5 Å². The average Bonchev–Trinajstić information content (AvgIpc) is 2.13. The topological polar surface area (TPSA) is 103 Å². The van der Waals surface area contributed by atoms with Gasteiger partial charge >= 0.3 is 0 Å². The Balaban J connectivity index is 3.02. The molecule has 0 fully saturated rings. The first kappa shape index (κ1) is 14.6. The van der Waals surface area contributed by atoms with Crippen molar-refractivity contribution in [2.45, 2.75) is 25.1 Å². The van der Waals surface area contributed by atoms with Crippen molar-refractivity contribution in [1.82, 2.24) is 0 Å². The number of nitrogens with two attached hydrogens (primary N) is 1. The van der Waals surface area contributed by atoms with Gasteiger partial charge in [0, 0.05) is 17.2 Å². The Kier molecular flexibility index (Phi) is 4.08. The molecule has 0 heterocycles. The molecule has 0 aliphatic rings. The molecule has 18 heavy (non-hydrogen) atoms. The molecule has 100 valence electrons. The fourth-order valence-electron chi connectivity index (χ4n) is 1.67. The van der Waals surface area contributed by atoms with E-state index in [-0.39, 0.29) is 22.8 Å². The second-order valence-electron chi connectivity index (χ2n) is 4.91. The van der Waals surface area contributed by atoms with Crippen LogP contribution >= 0.6 is 0 Å². The fourth-order valence-corrected chi connectivity index (χ4v) is 3.62. The summed E-state index contributed by atoms with van der Waals surface area (Å²) in [4.78, 5) is 10.2. The number of rotatable bonds is 5. The van der Waals surface area contributed by atoms with Crippen LogP contribution < -0.4 is 5.73 Å². The number of nitrogens with zero attached hydrogens (tertiary/aromatic N) is 1. The molecule has 1 rings (SSSR count). The summed E-state index contributed by atoms with van der Waals surface area (Å²) in [6.45, 7) is 3.20. The van der Waals surface area contributed by atoms with Gasteiger partial charge in [-0.2, -0.15) is 0 Å². The van der Waals surface area contributed by atoms with E-state index in [0.29, 0.717) is 0 Å². The zero-order chi connectivity index (χ0) is 14.0. The van der Waals surface area contributed by atoms with Crippen molar-refractivity contribution in [2.24, 2.45) is 5.73 Å². The minimum atomic E-state index is -3.48. The van der Waals surface area contributed by atoms with E-state index in [1.165, 1.54) is 18.2 Å². The van der Waals surface area contributed by atoms with E-state index in [0.717, 1.165) is 0 Å². The molecule has 1 aromatic carbocycles. The Morgan fingerprint density at radius 2 is 1.89 bits per heavy atom. The molecule has 0 unspecified atom stereocenters. The van der Waals surface area contributed by atoms with Gasteiger partial charge in [-0.1, -0.05) is 18.2 Å². The van der Waals surface area contributed by atoms with Crippen LogP contribution in [0.5, 0.6) is 0 Å². The molecule has 0 saturated carbocycles. The monoisotopic (exact) mass is 272 g/mol. The van der Waals surface area contributed by atoms with Gasteiger partial charge in [-0.3, -0.25) is 10.1 Å². The van der Waals surface area contributed by atoms with E-state index in [4.69, 9.17) is 5.73 Å². The third-order valence-electron chi connectivity index (χ3n) is 2.16. The molecule has 2 N–H and O–H groups in total. The molecule has 6 nitrogen and oxygen atoms in total. The number of nitro benzene ring substituents is 1. The summed E-state index contributed by atoms with van der Waals surface area (Å²) in [5.74, 6) is -0.586. The zero-order valence-corrected chi connectivity index (χ0v) is 11.1. The van der Waals surface area contributed by atoms with Crippen molar-refractivity contribution in [3.63, 3.8) is 0 Å². The van der Waals surface area contributed by atoms with Crippen molar-refractivity contribution in [2.75, 3.05) is 5.75 Å². The van der Waals surface area contributed by atoms with Gasteiger partial charge in [0.05, 0.1) is 16.4 Å². The molecule has 0 spiro atoms. The quantitative estimate of drug-likeness (QED) is 0.641. The Morgan fingerprint density at radius 3 is 2.39 bits per heavy atom. The molecule has 0 atom stereocenters. The standard InChI is InChI=1S/C11H16N2O4S/c1-11(2,12)8-18(16,17)7-9-5-3-4-6-10(9)13(14)15/h3-6H,7-8,12H2,1-2H3. The fraction of sp³-hybridized carbons (Fsp3) is 0.455. The zero-order valence-electron chi connectivity index (χ0n) is 10.3. The highest BCUT2D eigenvalue weighted by molar-refractivity contribution is 7.90. The summed E-state index contributed by atoms with van der Waals surface area (Å²) >= 11 is 0. The van der Waals surface area contributed by atoms with Crippen molar-refractivity contribution in [1.29, 1.82) is 0 Å². The molecule has 0 aliphatic carbocycles. The number of hydrogen-bond donors (Lipinski definition) is 1. The van der Waals surface area contributed by atoms with Crippen LogP contribution in [0.15, 0.2) is 24.3 Å². The first-order valence-electron chi connectivity index (χ1n) is 5.32. The maximum Gasteiger partial charge on any atom is 0.273 e. The molecule has 0 radical (unpaired) electrons. The molecule has 0 aliphatic heterocycles. The van der Waals surface area contributed by atoms with E-state index in [2.05, 4.69) is 0 Å². The highest BCUT2D eigenvalue weighted by Crippen LogP contribution is 2.21. The average molecular weight is 272 g/mol. The van der Waals surface area contributed by atoms with Crippen LogP contribution in [-0.2, 0) is 15.6 Å². The smallest absolute Gasteiger partial charge is 0.273 e. The normalized spacial score (nSPS) is 12.4. The lowest BCUT2D eigenvalue weighted by Gasteiger charge is -2.18. The number of nitro groups is 1. The van der Waals surface area contributed by atoms with Crippen molar-refractivity contribution < 1.29 is 13.3 Å². The van der Waals surface area contributed by atoms with Crippen LogP contribution in [0.4, 0.5) is 5.69 Å². The maximum atomic E-state index is 11.9. The lowest BCUT2D eigenvalue weighted by molar-refractivity contribution is -0.385. The van der Waals surface area contributed by atoms with E-state index in [1.54, 1.807) is 19.9 Å². The van der Waals surface area contributed by atoms with Crippen LogP contribution in [0.3, 0.4) is 0 Å². The largest absolute Gasteiger partial charge is 0.325 e. The molecule has 0 amide bonds. The van der Waals surface area contributed by atoms with Crippen LogP contribution in [0.1, 0.15) is 19.4 Å². The summed E-state index contributed by atoms with van der Waals surface area (Å²) in [5.41, 5.74) is 4.80. The van der Waals surface area contributed by atoms with Gasteiger partial charge in [-0.15, -0.1) is 0 Å².